The molecule has 0 fully saturated rings. The molecular formula is C45H28BF24N. The molecule has 0 aliphatic carbocycles. The maximum atomic E-state index is 14.2. The Morgan fingerprint density at radius 1 is 0.338 bits per heavy atom. The van der Waals surface area contributed by atoms with Gasteiger partial charge < -0.3 is 0 Å². The second-order valence-electron chi connectivity index (χ2n) is 15.8. The van der Waals surface area contributed by atoms with Gasteiger partial charge in [-0.05, 0) is 36.4 Å². The van der Waals surface area contributed by atoms with Crippen molar-refractivity contribution in [2.24, 2.45) is 0 Å². The molecule has 0 saturated heterocycles. The first-order valence-corrected chi connectivity index (χ1v) is 19.9. The lowest BCUT2D eigenvalue weighted by molar-refractivity contribution is -0.671. The average molecular weight is 1050 g/mol. The van der Waals surface area contributed by atoms with Gasteiger partial charge >= 0.3 is 49.4 Å². The van der Waals surface area contributed by atoms with Gasteiger partial charge in [0.1, 0.15) is 12.7 Å². The predicted octanol–water partition coefficient (Wildman–Crippen LogP) is 14.1. The fourth-order valence-corrected chi connectivity index (χ4v) is 7.81. The number of para-hydroxylation sites is 1. The van der Waals surface area contributed by atoms with Gasteiger partial charge in [-0.25, -0.2) is 0 Å². The van der Waals surface area contributed by atoms with Crippen LogP contribution in [0.5, 0.6) is 0 Å². The molecule has 0 atom stereocenters. The number of benzene rings is 5. The third-order valence-corrected chi connectivity index (χ3v) is 11.0. The van der Waals surface area contributed by atoms with E-state index in [4.69, 9.17) is 0 Å². The molecule has 0 aliphatic rings. The zero-order chi connectivity index (χ0) is 53.7. The monoisotopic (exact) mass is 1050 g/mol. The van der Waals surface area contributed by atoms with E-state index in [0.717, 1.165) is 6.54 Å². The Bertz CT molecular complexity index is 2420. The lowest BCUT2D eigenvalue weighted by atomic mass is 9.12. The molecule has 6 aromatic rings. The first-order chi connectivity index (χ1) is 32.2. The van der Waals surface area contributed by atoms with Crippen molar-refractivity contribution in [1.82, 2.24) is 0 Å². The molecule has 384 valence electrons. The zero-order valence-corrected chi connectivity index (χ0v) is 35.2. The molecule has 5 aromatic carbocycles. The number of hydrogen-bond donors (Lipinski definition) is 0. The molecule has 1 heterocycles. The zero-order valence-electron chi connectivity index (χ0n) is 35.2. The molecule has 71 heavy (non-hydrogen) atoms. The van der Waals surface area contributed by atoms with Crippen LogP contribution in [0.15, 0.2) is 115 Å². The number of hydrogen-bond acceptors (Lipinski definition) is 0. The third-order valence-electron chi connectivity index (χ3n) is 11.0. The standard InChI is InChI=1S/C32H12BF24.C13H16N/c34-25(35,36)13-1-14(26(37,38)39)6-21(5-13)33(22-7-15(27(40,41)42)2-16(8-22)28(43,44)45,23-9-17(29(46,47)48)3-18(10-23)30(49,50)51)24-11-19(31(52,53)54)4-20(12-24)32(55,56)57;1-2-3-10-14-11-6-8-12-7-4-5-9-13(12)14/h1-12H;4-9,11H,2-3,10H2,1H3/q-1;+1. The minimum Gasteiger partial charge on any atom is -0.198 e. The fourth-order valence-electron chi connectivity index (χ4n) is 7.81. The van der Waals surface area contributed by atoms with E-state index < -0.39 is 195 Å². The van der Waals surface area contributed by atoms with E-state index in [1.54, 1.807) is 0 Å². The number of aryl methyl sites for hydroxylation is 1. The normalized spacial score (nSPS) is 13.6. The van der Waals surface area contributed by atoms with Crippen molar-refractivity contribution in [3.05, 3.63) is 160 Å². The number of fused-ring (bicyclic) bond motifs is 1. The van der Waals surface area contributed by atoms with Crippen LogP contribution in [-0.2, 0) is 56.0 Å². The number of halogens is 24. The topological polar surface area (TPSA) is 3.88 Å². The van der Waals surface area contributed by atoms with Gasteiger partial charge in [-0.3, -0.25) is 0 Å². The number of aromatic nitrogens is 1. The maximum absolute atomic E-state index is 14.2. The summed E-state index contributed by atoms with van der Waals surface area (Å²) in [6, 6.07) is 4.02. The summed E-state index contributed by atoms with van der Waals surface area (Å²) in [4.78, 5) is 0. The van der Waals surface area contributed by atoms with Crippen LogP contribution in [0, 0.1) is 0 Å². The number of nitrogens with zero attached hydrogens (tertiary/aromatic N) is 1. The number of unbranched alkanes of at least 4 members (excludes halogenated alkanes) is 1. The van der Waals surface area contributed by atoms with E-state index in [9.17, 15) is 105 Å². The maximum Gasteiger partial charge on any atom is 0.416 e. The van der Waals surface area contributed by atoms with Gasteiger partial charge in [-0.15, -0.1) is 0 Å². The molecule has 0 bridgehead atoms. The first kappa shape index (κ1) is 55.8. The second kappa shape index (κ2) is 19.1. The molecule has 0 radical (unpaired) electrons. The molecule has 0 amide bonds. The summed E-state index contributed by atoms with van der Waals surface area (Å²) in [5.74, 6) is 0. The average Bonchev–Trinajstić information content (AvgIpc) is 3.23. The molecule has 0 unspecified atom stereocenters. The van der Waals surface area contributed by atoms with Crippen molar-refractivity contribution in [3.8, 4) is 0 Å². The number of alkyl halides is 24. The van der Waals surface area contributed by atoms with Crippen LogP contribution in [0.2, 0.25) is 0 Å². The smallest absolute Gasteiger partial charge is 0.198 e. The molecule has 0 spiro atoms. The minimum atomic E-state index is -6.13. The predicted molar refractivity (Wildman–Crippen MR) is 209 cm³/mol. The molecule has 0 N–H and O–H groups in total. The fraction of sp³-hybridized carbons (Fsp3) is 0.267. The van der Waals surface area contributed by atoms with Crippen molar-refractivity contribution < 1.29 is 110 Å². The molecule has 1 aromatic heterocycles. The summed E-state index contributed by atoms with van der Waals surface area (Å²) < 4.78 is 343. The quantitative estimate of drug-likeness (QED) is 0.0852. The highest BCUT2D eigenvalue weighted by Crippen LogP contribution is 2.41. The molecule has 26 heteroatoms. The Kier molecular flexibility index (Phi) is 15.1. The molecule has 1 nitrogen and oxygen atoms in total. The summed E-state index contributed by atoms with van der Waals surface area (Å²) >= 11 is 0. The van der Waals surface area contributed by atoms with Gasteiger partial charge in [0.25, 0.3) is 0 Å². The third kappa shape index (κ3) is 12.7. The van der Waals surface area contributed by atoms with Crippen molar-refractivity contribution in [2.45, 2.75) is 75.7 Å². The van der Waals surface area contributed by atoms with E-state index in [2.05, 4.69) is 54.1 Å². The minimum absolute atomic E-state index is 0.691. The Morgan fingerprint density at radius 3 is 0.817 bits per heavy atom. The van der Waals surface area contributed by atoms with E-state index in [-0.39, 0.29) is 0 Å². The van der Waals surface area contributed by atoms with Crippen molar-refractivity contribution in [2.75, 3.05) is 0 Å². The number of rotatable bonds is 7. The highest BCUT2D eigenvalue weighted by atomic mass is 19.4. The van der Waals surface area contributed by atoms with Crippen LogP contribution in [0.4, 0.5) is 105 Å². The largest absolute Gasteiger partial charge is 0.416 e. The summed E-state index contributed by atoms with van der Waals surface area (Å²) in [6.07, 6.45) is -50.1. The molecule has 0 saturated carbocycles. The van der Waals surface area contributed by atoms with E-state index >= 15 is 0 Å². The van der Waals surface area contributed by atoms with Gasteiger partial charge in [-0.1, -0.05) is 74.0 Å². The van der Waals surface area contributed by atoms with Crippen LogP contribution in [0.25, 0.3) is 10.9 Å². The van der Waals surface area contributed by atoms with Gasteiger partial charge in [-0.2, -0.15) is 132 Å². The summed E-state index contributed by atoms with van der Waals surface area (Å²) in [5.41, 5.74) is -28.9. The van der Waals surface area contributed by atoms with E-state index in [1.165, 1.54) is 23.7 Å². The first-order valence-electron chi connectivity index (χ1n) is 19.9. The summed E-state index contributed by atoms with van der Waals surface area (Å²) in [6.45, 7) is 3.35. The molecule has 6 rings (SSSR count). The number of pyridine rings is 1. The van der Waals surface area contributed by atoms with Crippen molar-refractivity contribution in [1.29, 1.82) is 0 Å². The van der Waals surface area contributed by atoms with Gasteiger partial charge in [0, 0.05) is 23.9 Å². The molecular weight excluding hydrogens is 1020 g/mol. The highest BCUT2D eigenvalue weighted by Gasteiger charge is 2.47. The Balaban J connectivity index is 0.000000569. The SMILES string of the molecule is CCCC[n+]1cccc2ccccc21.FC(F)(F)c1cc([B-](c2cc(C(F)(F)F)cc(C(F)(F)F)c2)(c2cc(C(F)(F)F)cc(C(F)(F)F)c2)c2cc(C(F)(F)F)cc(C(F)(F)F)c2)cc(C(F)(F)F)c1. The summed E-state index contributed by atoms with van der Waals surface area (Å²) in [5, 5.41) is 1.33. The summed E-state index contributed by atoms with van der Waals surface area (Å²) in [7, 11) is 0. The second-order valence-corrected chi connectivity index (χ2v) is 15.8. The van der Waals surface area contributed by atoms with Crippen LogP contribution >= 0.6 is 0 Å². The van der Waals surface area contributed by atoms with Crippen LogP contribution in [0.1, 0.15) is 64.3 Å². The van der Waals surface area contributed by atoms with Crippen molar-refractivity contribution >= 4 is 38.9 Å². The molecule has 0 aliphatic heterocycles. The van der Waals surface area contributed by atoms with Crippen LogP contribution < -0.4 is 26.4 Å². The van der Waals surface area contributed by atoms with Crippen molar-refractivity contribution in [3.63, 3.8) is 0 Å². The lowest BCUT2D eigenvalue weighted by Crippen LogP contribution is -2.75. The highest BCUT2D eigenvalue weighted by molar-refractivity contribution is 7.20. The van der Waals surface area contributed by atoms with Gasteiger partial charge in [0.2, 0.25) is 5.52 Å². The van der Waals surface area contributed by atoms with Gasteiger partial charge in [0.05, 0.1) is 44.5 Å². The lowest BCUT2D eigenvalue weighted by Gasteiger charge is -2.46. The Labute approximate surface area is 384 Å². The van der Waals surface area contributed by atoms with E-state index in [1.807, 2.05) is 0 Å². The van der Waals surface area contributed by atoms with E-state index in [0.29, 0.717) is 0 Å². The van der Waals surface area contributed by atoms with Gasteiger partial charge in [0.15, 0.2) is 6.20 Å². The Morgan fingerprint density at radius 2 is 0.577 bits per heavy atom. The van der Waals surface area contributed by atoms with Crippen LogP contribution in [-0.4, -0.2) is 6.15 Å². The Hall–Kier alpha value is -6.11. The van der Waals surface area contributed by atoms with Crippen LogP contribution in [0.3, 0.4) is 0 Å².